The van der Waals surface area contributed by atoms with Gasteiger partial charge in [0, 0.05) is 13.1 Å². The Morgan fingerprint density at radius 1 is 1.00 bits per heavy atom. The largest absolute Gasteiger partial charge is 1.00 e. The Morgan fingerprint density at radius 2 is 1.27 bits per heavy atom. The third kappa shape index (κ3) is 8.60. The summed E-state index contributed by atoms with van der Waals surface area (Å²) in [5, 5.41) is 0. The first-order valence-corrected chi connectivity index (χ1v) is 4.29. The number of rotatable bonds is 3. The van der Waals surface area contributed by atoms with E-state index in [4.69, 9.17) is 0 Å². The molecule has 0 fully saturated rings. The molecule has 0 heterocycles. The maximum Gasteiger partial charge on any atom is 1.00 e. The molecule has 0 amide bonds. The maximum atomic E-state index is 10.2. The summed E-state index contributed by atoms with van der Waals surface area (Å²) >= 11 is 0. The van der Waals surface area contributed by atoms with Crippen molar-refractivity contribution in [3.8, 4) is 0 Å². The molecule has 0 aromatic carbocycles. The molecule has 0 aliphatic rings. The fraction of sp³-hybridized carbons (Fsp3) is 1.00. The molecule has 11 heavy (non-hydrogen) atoms. The topological polar surface area (TPSA) is 72.4 Å². The van der Waals surface area contributed by atoms with Crippen LogP contribution in [0, 0.1) is 0 Å². The van der Waals surface area contributed by atoms with Crippen LogP contribution < -0.4 is 73.8 Å². The summed E-state index contributed by atoms with van der Waals surface area (Å²) in [4.78, 5) is 30.6. The Bertz CT molecular complexity index is 85.9. The summed E-state index contributed by atoms with van der Waals surface area (Å²) in [6.07, 6.45) is 0. The molecular formula is C4H10NNa2O3P. The second-order valence-electron chi connectivity index (χ2n) is 1.61. The first-order valence-electron chi connectivity index (χ1n) is 2.79. The van der Waals surface area contributed by atoms with Crippen molar-refractivity contribution in [1.29, 1.82) is 0 Å². The molecule has 4 nitrogen and oxygen atoms in total. The second-order valence-corrected chi connectivity index (χ2v) is 3.11. The zero-order valence-corrected chi connectivity index (χ0v) is 12.4. The van der Waals surface area contributed by atoms with Crippen molar-refractivity contribution in [2.45, 2.75) is 13.8 Å². The van der Waals surface area contributed by atoms with Gasteiger partial charge in [0.2, 0.25) is 0 Å². The second kappa shape index (κ2) is 8.85. The number of hydrogen-bond acceptors (Lipinski definition) is 4. The monoisotopic (exact) mass is 197 g/mol. The van der Waals surface area contributed by atoms with Gasteiger partial charge in [-0.3, -0.25) is 0 Å². The van der Waals surface area contributed by atoms with Crippen molar-refractivity contribution in [1.82, 2.24) is 4.67 Å². The molecule has 0 aromatic heterocycles. The first kappa shape index (κ1) is 18.9. The van der Waals surface area contributed by atoms with Gasteiger partial charge in [0.05, 0.1) is 0 Å². The van der Waals surface area contributed by atoms with Crippen molar-refractivity contribution < 1.29 is 73.8 Å². The van der Waals surface area contributed by atoms with E-state index in [2.05, 4.69) is 0 Å². The molecule has 0 unspecified atom stereocenters. The summed E-state index contributed by atoms with van der Waals surface area (Å²) in [6.45, 7) is 3.79. The van der Waals surface area contributed by atoms with Gasteiger partial charge in [-0.25, -0.2) is 0 Å². The predicted octanol–water partition coefficient (Wildman–Crippen LogP) is -7.91. The number of nitrogens with zero attached hydrogens (tertiary/aromatic N) is 1. The van der Waals surface area contributed by atoms with Crippen molar-refractivity contribution in [2.75, 3.05) is 13.1 Å². The SMILES string of the molecule is CCN(CC)[P+]([O-])([O-])[O-].[Na+].[Na+]. The number of hydrogen-bond donors (Lipinski definition) is 0. The van der Waals surface area contributed by atoms with Crippen LogP contribution in [0.4, 0.5) is 0 Å². The van der Waals surface area contributed by atoms with E-state index >= 15 is 0 Å². The molecule has 0 spiro atoms. The van der Waals surface area contributed by atoms with Crippen molar-refractivity contribution in [3.05, 3.63) is 0 Å². The Morgan fingerprint density at radius 3 is 1.27 bits per heavy atom. The minimum atomic E-state index is -4.44. The zero-order valence-electron chi connectivity index (χ0n) is 7.53. The van der Waals surface area contributed by atoms with Gasteiger partial charge in [-0.05, 0) is 13.8 Å². The van der Waals surface area contributed by atoms with E-state index in [0.717, 1.165) is 4.67 Å². The third-order valence-corrected chi connectivity index (χ3v) is 2.33. The Labute approximate surface area is 112 Å². The normalized spacial score (nSPS) is 10.4. The molecule has 0 aromatic rings. The average Bonchev–Trinajstić information content (AvgIpc) is 1.65. The molecule has 0 atom stereocenters. The summed E-state index contributed by atoms with van der Waals surface area (Å²) in [7, 11) is -4.44. The van der Waals surface area contributed by atoms with Crippen LogP contribution in [0.15, 0.2) is 0 Å². The standard InChI is InChI=1S/C4H12NO3P.2Na/c1-3-5(4-2)9(6,7)8;;/h3-4H2,1-2H3,(H2,6,7,8);;/q;2*+1/p-2. The van der Waals surface area contributed by atoms with E-state index in [1.807, 2.05) is 0 Å². The van der Waals surface area contributed by atoms with Crippen LogP contribution in [0.2, 0.25) is 0 Å². The van der Waals surface area contributed by atoms with Gasteiger partial charge in [-0.15, -0.1) is 0 Å². The van der Waals surface area contributed by atoms with Gasteiger partial charge in [0.15, 0.2) is 0 Å². The maximum absolute atomic E-state index is 10.2. The zero-order chi connectivity index (χ0) is 7.49. The summed E-state index contributed by atoms with van der Waals surface area (Å²) in [5.41, 5.74) is 0. The Hall–Kier alpha value is 2.27. The molecule has 0 aliphatic heterocycles. The van der Waals surface area contributed by atoms with E-state index in [1.54, 1.807) is 13.8 Å². The van der Waals surface area contributed by atoms with Crippen molar-refractivity contribution in [3.63, 3.8) is 0 Å². The Balaban J connectivity index is -0.000000320. The molecule has 0 saturated carbocycles. The van der Waals surface area contributed by atoms with E-state index in [-0.39, 0.29) is 72.2 Å². The quantitative estimate of drug-likeness (QED) is 0.333. The third-order valence-electron chi connectivity index (χ3n) is 1.08. The first-order chi connectivity index (χ1) is 4.02. The van der Waals surface area contributed by atoms with E-state index in [1.165, 1.54) is 0 Å². The van der Waals surface area contributed by atoms with Gasteiger partial charge in [0.25, 0.3) is 0 Å². The molecular weight excluding hydrogens is 187 g/mol. The van der Waals surface area contributed by atoms with Gasteiger partial charge in [-0.1, -0.05) is 8.09 Å². The molecule has 0 bridgehead atoms. The summed E-state index contributed by atoms with van der Waals surface area (Å²) in [6, 6.07) is 0. The smallest absolute Gasteiger partial charge is 0.673 e. The van der Waals surface area contributed by atoms with E-state index < -0.39 is 8.09 Å². The molecule has 7 heteroatoms. The van der Waals surface area contributed by atoms with E-state index in [0.29, 0.717) is 0 Å². The van der Waals surface area contributed by atoms with Crippen LogP contribution in [0.5, 0.6) is 0 Å². The van der Waals surface area contributed by atoms with Crippen LogP contribution in [0.25, 0.3) is 0 Å². The molecule has 0 aliphatic carbocycles. The Kier molecular flexibility index (Phi) is 15.2. The van der Waals surface area contributed by atoms with Crippen LogP contribution >= 0.6 is 8.09 Å². The van der Waals surface area contributed by atoms with Gasteiger partial charge in [0.1, 0.15) is 0 Å². The summed E-state index contributed by atoms with van der Waals surface area (Å²) in [5.74, 6) is 0. The minimum absolute atomic E-state index is 0. The van der Waals surface area contributed by atoms with Gasteiger partial charge >= 0.3 is 59.1 Å². The molecule has 0 N–H and O–H groups in total. The van der Waals surface area contributed by atoms with Crippen LogP contribution in [0.3, 0.4) is 0 Å². The van der Waals surface area contributed by atoms with Crippen molar-refractivity contribution >= 4 is 8.09 Å². The molecule has 0 radical (unpaired) electrons. The minimum Gasteiger partial charge on any atom is -0.673 e. The van der Waals surface area contributed by atoms with Crippen molar-refractivity contribution in [2.24, 2.45) is 0 Å². The van der Waals surface area contributed by atoms with Crippen LogP contribution in [0.1, 0.15) is 13.8 Å². The summed E-state index contributed by atoms with van der Waals surface area (Å²) < 4.78 is 0.882. The fourth-order valence-corrected chi connectivity index (χ4v) is 1.26. The molecule has 0 rings (SSSR count). The average molecular weight is 197 g/mol. The van der Waals surface area contributed by atoms with Crippen LogP contribution in [-0.2, 0) is 0 Å². The van der Waals surface area contributed by atoms with E-state index in [9.17, 15) is 14.7 Å². The van der Waals surface area contributed by atoms with Crippen LogP contribution in [-0.4, -0.2) is 17.8 Å². The van der Waals surface area contributed by atoms with Gasteiger partial charge < -0.3 is 14.7 Å². The fourth-order valence-electron chi connectivity index (χ4n) is 0.570. The van der Waals surface area contributed by atoms with Gasteiger partial charge in [-0.2, -0.15) is 4.67 Å². The molecule has 56 valence electrons. The molecule has 0 saturated heterocycles. The predicted molar refractivity (Wildman–Crippen MR) is 29.8 cm³/mol.